The van der Waals surface area contributed by atoms with E-state index in [9.17, 15) is 19.7 Å². The number of hydrazone groups is 1. The number of cyclic esters (lactones) is 1. The first-order valence-corrected chi connectivity index (χ1v) is 13.8. The number of hydrogen-bond acceptors (Lipinski definition) is 11. The first kappa shape index (κ1) is 25.1. The van der Waals surface area contributed by atoms with E-state index in [1.165, 1.54) is 23.9 Å². The average Bonchev–Trinajstić information content (AvgIpc) is 3.70. The van der Waals surface area contributed by atoms with Gasteiger partial charge in [0.05, 0.1) is 22.3 Å². The molecule has 0 bridgehead atoms. The second-order valence-corrected chi connectivity index (χ2v) is 11.3. The molecule has 0 N–H and O–H groups in total. The summed E-state index contributed by atoms with van der Waals surface area (Å²) in [6.07, 6.45) is 1.95. The number of thioether (sulfide) groups is 1. The molecule has 41 heavy (non-hydrogen) atoms. The molecule has 206 valence electrons. The molecule has 4 heterocycles. The molecule has 12 heteroatoms. The van der Waals surface area contributed by atoms with Crippen LogP contribution in [-0.2, 0) is 25.7 Å². The molecule has 4 aliphatic rings. The van der Waals surface area contributed by atoms with Crippen LogP contribution >= 0.6 is 11.8 Å². The number of hydrazine groups is 1. The molecule has 2 fully saturated rings. The SMILES string of the molecule is Cc1ccc(N2N=C(C(=O)OCc3ccccc3)N3N(c4ccc([N+](=O)[O-])cc4)[C@@H]4C=CS[C@@]45COC(=O)[C@@]235)cc1. The van der Waals surface area contributed by atoms with Crippen molar-refractivity contribution in [3.05, 3.63) is 112 Å². The Morgan fingerprint density at radius 2 is 1.80 bits per heavy atom. The zero-order valence-corrected chi connectivity index (χ0v) is 22.6. The molecule has 0 aliphatic carbocycles. The molecule has 0 saturated carbocycles. The van der Waals surface area contributed by atoms with Gasteiger partial charge in [-0.15, -0.1) is 16.9 Å². The molecule has 4 aliphatic heterocycles. The van der Waals surface area contributed by atoms with Gasteiger partial charge in [-0.3, -0.25) is 15.1 Å². The summed E-state index contributed by atoms with van der Waals surface area (Å²) in [5, 5.41) is 23.0. The van der Waals surface area contributed by atoms with Crippen LogP contribution in [0.25, 0.3) is 0 Å². The highest BCUT2D eigenvalue weighted by atomic mass is 32.2. The number of hydrogen-bond donors (Lipinski definition) is 0. The minimum atomic E-state index is -1.57. The number of non-ortho nitro benzene ring substituents is 1. The molecular formula is C29H23N5O6S. The van der Waals surface area contributed by atoms with Crippen LogP contribution in [0.15, 0.2) is 95.4 Å². The third-order valence-corrected chi connectivity index (χ3v) is 9.15. The number of esters is 2. The Kier molecular flexibility index (Phi) is 5.58. The third kappa shape index (κ3) is 3.43. The van der Waals surface area contributed by atoms with Crippen molar-refractivity contribution in [1.82, 2.24) is 5.01 Å². The van der Waals surface area contributed by atoms with E-state index in [2.05, 4.69) is 0 Å². The normalized spacial score (nSPS) is 25.5. The predicted molar refractivity (Wildman–Crippen MR) is 152 cm³/mol. The fourth-order valence-electron chi connectivity index (χ4n) is 5.91. The van der Waals surface area contributed by atoms with Gasteiger partial charge < -0.3 is 9.47 Å². The van der Waals surface area contributed by atoms with E-state index in [0.29, 0.717) is 11.4 Å². The Hall–Kier alpha value is -4.84. The minimum Gasteiger partial charge on any atom is -0.461 e. The van der Waals surface area contributed by atoms with Gasteiger partial charge in [0.15, 0.2) is 0 Å². The number of aryl methyl sites for hydroxylation is 1. The van der Waals surface area contributed by atoms with E-state index >= 15 is 0 Å². The topological polar surface area (TPSA) is 118 Å². The third-order valence-electron chi connectivity index (χ3n) is 7.80. The van der Waals surface area contributed by atoms with Gasteiger partial charge in [0, 0.05) is 12.1 Å². The van der Waals surface area contributed by atoms with Gasteiger partial charge in [-0.05, 0) is 42.2 Å². The lowest BCUT2D eigenvalue weighted by Crippen LogP contribution is -2.67. The zero-order chi connectivity index (χ0) is 28.4. The summed E-state index contributed by atoms with van der Waals surface area (Å²) in [5.41, 5.74) is 1.32. The molecule has 0 unspecified atom stereocenters. The number of nitrogens with zero attached hydrogens (tertiary/aromatic N) is 5. The molecule has 3 aromatic rings. The number of anilines is 2. The Bertz CT molecular complexity index is 1630. The summed E-state index contributed by atoms with van der Waals surface area (Å²) in [5.74, 6) is -1.38. The van der Waals surface area contributed by atoms with Crippen LogP contribution in [0.2, 0.25) is 0 Å². The first-order chi connectivity index (χ1) is 19.9. The van der Waals surface area contributed by atoms with Crippen LogP contribution in [0.3, 0.4) is 0 Å². The molecule has 3 atom stereocenters. The first-order valence-electron chi connectivity index (χ1n) is 12.9. The number of ether oxygens (including phenoxy) is 2. The molecule has 7 rings (SSSR count). The summed E-state index contributed by atoms with van der Waals surface area (Å²) in [7, 11) is 0. The molecule has 2 saturated heterocycles. The van der Waals surface area contributed by atoms with Gasteiger partial charge in [-0.25, -0.2) is 19.6 Å². The van der Waals surface area contributed by atoms with Crippen LogP contribution in [0.1, 0.15) is 11.1 Å². The van der Waals surface area contributed by atoms with E-state index in [4.69, 9.17) is 14.6 Å². The van der Waals surface area contributed by atoms with E-state index < -0.39 is 33.3 Å². The van der Waals surface area contributed by atoms with Crippen LogP contribution in [0.5, 0.6) is 0 Å². The van der Waals surface area contributed by atoms with Crippen LogP contribution in [0.4, 0.5) is 17.1 Å². The van der Waals surface area contributed by atoms with Gasteiger partial charge in [0.1, 0.15) is 18.0 Å². The van der Waals surface area contributed by atoms with Gasteiger partial charge in [-0.1, -0.05) is 54.1 Å². The molecule has 11 nitrogen and oxygen atoms in total. The van der Waals surface area contributed by atoms with Crippen molar-refractivity contribution in [3.63, 3.8) is 0 Å². The van der Waals surface area contributed by atoms with Crippen LogP contribution in [0, 0.1) is 17.0 Å². The number of rotatable bonds is 6. The largest absolute Gasteiger partial charge is 0.461 e. The predicted octanol–water partition coefficient (Wildman–Crippen LogP) is 4.14. The fraction of sp³-hybridized carbons (Fsp3) is 0.207. The van der Waals surface area contributed by atoms with Crippen molar-refractivity contribution in [3.8, 4) is 0 Å². The summed E-state index contributed by atoms with van der Waals surface area (Å²) >= 11 is 1.45. The smallest absolute Gasteiger partial charge is 0.378 e. The van der Waals surface area contributed by atoms with E-state index in [1.807, 2.05) is 73.0 Å². The van der Waals surface area contributed by atoms with Crippen molar-refractivity contribution in [2.24, 2.45) is 5.10 Å². The second kappa shape index (κ2) is 9.10. The van der Waals surface area contributed by atoms with Gasteiger partial charge in [-0.2, -0.15) is 0 Å². The number of benzene rings is 3. The number of carbonyl (C=O) groups is 2. The summed E-state index contributed by atoms with van der Waals surface area (Å²) in [6, 6.07) is 22.3. The average molecular weight is 570 g/mol. The molecule has 3 aromatic carbocycles. The van der Waals surface area contributed by atoms with Crippen LogP contribution < -0.4 is 10.0 Å². The number of nitro groups is 1. The number of amidine groups is 1. The quantitative estimate of drug-likeness (QED) is 0.244. The van der Waals surface area contributed by atoms with Crippen molar-refractivity contribution in [1.29, 1.82) is 0 Å². The van der Waals surface area contributed by atoms with E-state index in [-0.39, 0.29) is 24.7 Å². The zero-order valence-electron chi connectivity index (χ0n) is 21.7. The number of carbonyl (C=O) groups excluding carboxylic acids is 2. The van der Waals surface area contributed by atoms with E-state index in [1.54, 1.807) is 27.2 Å². The van der Waals surface area contributed by atoms with Gasteiger partial charge >= 0.3 is 11.9 Å². The summed E-state index contributed by atoms with van der Waals surface area (Å²) in [4.78, 5) is 38.7. The Morgan fingerprint density at radius 1 is 1.10 bits per heavy atom. The molecule has 0 aromatic heterocycles. The Balaban J connectivity index is 1.39. The maximum Gasteiger partial charge on any atom is 0.378 e. The molecule has 0 amide bonds. The minimum absolute atomic E-state index is 0.00919. The van der Waals surface area contributed by atoms with Crippen molar-refractivity contribution in [2.45, 2.75) is 30.0 Å². The molecular weight excluding hydrogens is 546 g/mol. The van der Waals surface area contributed by atoms with Crippen molar-refractivity contribution < 1.29 is 24.0 Å². The molecule has 2 spiro atoms. The molecule has 0 radical (unpaired) electrons. The lowest BCUT2D eigenvalue weighted by molar-refractivity contribution is -0.384. The lowest BCUT2D eigenvalue weighted by Gasteiger charge is -2.40. The Labute approximate surface area is 238 Å². The van der Waals surface area contributed by atoms with Crippen molar-refractivity contribution in [2.75, 3.05) is 16.6 Å². The van der Waals surface area contributed by atoms with Crippen molar-refractivity contribution >= 4 is 46.6 Å². The van der Waals surface area contributed by atoms with E-state index in [0.717, 1.165) is 11.1 Å². The highest BCUT2D eigenvalue weighted by Crippen LogP contribution is 2.63. The highest BCUT2D eigenvalue weighted by Gasteiger charge is 2.83. The fourth-order valence-corrected chi connectivity index (χ4v) is 7.24. The van der Waals surface area contributed by atoms with Gasteiger partial charge in [0.25, 0.3) is 17.2 Å². The standard InChI is InChI=1S/C29H23N5O6S/c1-19-7-9-22(10-8-19)32-29-27(36)40-18-28(29)24(15-16-41-28)31(21-11-13-23(14-12-21)34(37)38)33(29)25(30-32)26(35)39-17-20-5-3-2-4-6-20/h2-16,24H,17-18H2,1H3/t24-,28+,29-/m1/s1. The summed E-state index contributed by atoms with van der Waals surface area (Å²) in [6.45, 7) is 2.03. The maximum absolute atomic E-state index is 14.0. The number of nitro benzene ring substituents is 1. The highest BCUT2D eigenvalue weighted by molar-refractivity contribution is 8.04. The lowest BCUT2D eigenvalue weighted by atomic mass is 9.88. The monoisotopic (exact) mass is 569 g/mol. The Morgan fingerprint density at radius 3 is 2.51 bits per heavy atom. The second-order valence-electron chi connectivity index (χ2n) is 10.1. The van der Waals surface area contributed by atoms with Gasteiger partial charge in [0.2, 0.25) is 0 Å². The maximum atomic E-state index is 14.0. The summed E-state index contributed by atoms with van der Waals surface area (Å²) < 4.78 is 10.6. The van der Waals surface area contributed by atoms with Crippen LogP contribution in [-0.4, -0.2) is 50.8 Å².